The Bertz CT molecular complexity index is 831. The fraction of sp³-hybridized carbons (Fsp3) is 0.167. The molecule has 0 spiro atoms. The van der Waals surface area contributed by atoms with Crippen molar-refractivity contribution >= 4 is 29.0 Å². The highest BCUT2D eigenvalue weighted by Crippen LogP contribution is 2.23. The van der Waals surface area contributed by atoms with Gasteiger partial charge in [0.05, 0.1) is 6.07 Å². The summed E-state index contributed by atoms with van der Waals surface area (Å²) < 4.78 is 18.0. The minimum absolute atomic E-state index is 0.262. The first-order valence-corrected chi connectivity index (χ1v) is 7.67. The molecule has 7 heteroatoms. The Balaban J connectivity index is 2.01. The first kappa shape index (κ1) is 18.4. The van der Waals surface area contributed by atoms with Gasteiger partial charge in [0.15, 0.2) is 11.7 Å². The third kappa shape index (κ3) is 4.78. The van der Waals surface area contributed by atoms with Gasteiger partial charge in [0, 0.05) is 10.7 Å². The number of rotatable bonds is 6. The maximum absolute atomic E-state index is 12.8. The van der Waals surface area contributed by atoms with Gasteiger partial charge in [-0.25, -0.2) is 4.39 Å². The molecule has 1 atom stereocenters. The van der Waals surface area contributed by atoms with Crippen LogP contribution in [0.4, 0.5) is 10.1 Å². The van der Waals surface area contributed by atoms with E-state index in [0.29, 0.717) is 16.3 Å². The SMILES string of the molecule is Cc1c(Cl)cccc1NC(=O)[C@@H](C#N)C(=O)COc1ccc(F)cc1. The van der Waals surface area contributed by atoms with E-state index in [1.54, 1.807) is 31.2 Å². The van der Waals surface area contributed by atoms with E-state index in [1.165, 1.54) is 24.3 Å². The average molecular weight is 361 g/mol. The number of nitriles is 1. The molecule has 0 bridgehead atoms. The van der Waals surface area contributed by atoms with Gasteiger partial charge >= 0.3 is 0 Å². The second-order valence-corrected chi connectivity index (χ2v) is 5.58. The number of carbonyl (C=O) groups is 2. The molecule has 0 aliphatic heterocycles. The molecule has 0 unspecified atom stereocenters. The normalized spacial score (nSPS) is 11.3. The first-order valence-electron chi connectivity index (χ1n) is 7.29. The summed E-state index contributed by atoms with van der Waals surface area (Å²) in [6.45, 7) is 1.23. The molecule has 0 saturated carbocycles. The van der Waals surface area contributed by atoms with Crippen molar-refractivity contribution in [3.8, 4) is 11.8 Å². The molecule has 2 aromatic rings. The average Bonchev–Trinajstić information content (AvgIpc) is 2.59. The number of carbonyl (C=O) groups excluding carboxylic acids is 2. The Morgan fingerprint density at radius 1 is 1.28 bits per heavy atom. The number of hydrogen-bond donors (Lipinski definition) is 1. The monoisotopic (exact) mass is 360 g/mol. The highest BCUT2D eigenvalue weighted by molar-refractivity contribution is 6.31. The first-order chi connectivity index (χ1) is 11.9. The lowest BCUT2D eigenvalue weighted by molar-refractivity contribution is -0.130. The maximum Gasteiger partial charge on any atom is 0.249 e. The summed E-state index contributed by atoms with van der Waals surface area (Å²) in [5.74, 6) is -3.18. The van der Waals surface area contributed by atoms with Crippen LogP contribution in [0.2, 0.25) is 5.02 Å². The second kappa shape index (κ2) is 8.27. The van der Waals surface area contributed by atoms with Crippen molar-refractivity contribution in [1.29, 1.82) is 5.26 Å². The summed E-state index contributed by atoms with van der Waals surface area (Å²) in [6, 6.07) is 11.6. The van der Waals surface area contributed by atoms with E-state index in [-0.39, 0.29) is 5.75 Å². The second-order valence-electron chi connectivity index (χ2n) is 5.17. The zero-order chi connectivity index (χ0) is 18.4. The summed E-state index contributed by atoms with van der Waals surface area (Å²) >= 11 is 5.97. The smallest absolute Gasteiger partial charge is 0.249 e. The van der Waals surface area contributed by atoms with Gasteiger partial charge in [-0.05, 0) is 48.9 Å². The van der Waals surface area contributed by atoms with Crippen LogP contribution in [0.3, 0.4) is 0 Å². The Kier molecular flexibility index (Phi) is 6.09. The molecule has 2 aromatic carbocycles. The molecule has 5 nitrogen and oxygen atoms in total. The van der Waals surface area contributed by atoms with Crippen molar-refractivity contribution in [3.63, 3.8) is 0 Å². The number of ether oxygens (including phenoxy) is 1. The van der Waals surface area contributed by atoms with E-state index >= 15 is 0 Å². The molecule has 0 radical (unpaired) electrons. The van der Waals surface area contributed by atoms with Crippen molar-refractivity contribution < 1.29 is 18.7 Å². The van der Waals surface area contributed by atoms with Gasteiger partial charge in [0.2, 0.25) is 5.91 Å². The number of hydrogen-bond acceptors (Lipinski definition) is 4. The summed E-state index contributed by atoms with van der Waals surface area (Å²) in [4.78, 5) is 24.3. The lowest BCUT2D eigenvalue weighted by Gasteiger charge is -2.12. The molecule has 0 fully saturated rings. The van der Waals surface area contributed by atoms with Gasteiger partial charge in [-0.2, -0.15) is 5.26 Å². The van der Waals surface area contributed by atoms with Crippen molar-refractivity contribution in [2.75, 3.05) is 11.9 Å². The van der Waals surface area contributed by atoms with Crippen LogP contribution in [0.5, 0.6) is 5.75 Å². The number of amides is 1. The predicted molar refractivity (Wildman–Crippen MR) is 90.8 cm³/mol. The summed E-state index contributed by atoms with van der Waals surface area (Å²) in [6.07, 6.45) is 0. The lowest BCUT2D eigenvalue weighted by Crippen LogP contribution is -2.32. The predicted octanol–water partition coefficient (Wildman–Crippen LogP) is 3.51. The number of nitrogens with zero attached hydrogens (tertiary/aromatic N) is 1. The van der Waals surface area contributed by atoms with E-state index in [9.17, 15) is 14.0 Å². The van der Waals surface area contributed by atoms with Crippen LogP contribution in [0.15, 0.2) is 42.5 Å². The third-order valence-electron chi connectivity index (χ3n) is 3.43. The maximum atomic E-state index is 12.8. The number of halogens is 2. The standard InChI is InChI=1S/C18H14ClFN2O3/c1-11-15(19)3-2-4-16(11)22-18(24)14(9-21)17(23)10-25-13-7-5-12(20)6-8-13/h2-8,14H,10H2,1H3,(H,22,24)/t14-/m0/s1. The van der Waals surface area contributed by atoms with E-state index in [1.807, 2.05) is 0 Å². The summed E-state index contributed by atoms with van der Waals surface area (Å²) in [7, 11) is 0. The number of nitrogens with one attached hydrogen (secondary N) is 1. The van der Waals surface area contributed by atoms with Gasteiger partial charge in [0.25, 0.3) is 0 Å². The number of Topliss-reactive ketones (excluding diaryl/α,β-unsaturated/α-hetero) is 1. The minimum Gasteiger partial charge on any atom is -0.486 e. The summed E-state index contributed by atoms with van der Waals surface area (Å²) in [5.41, 5.74) is 1.05. The Morgan fingerprint density at radius 2 is 1.96 bits per heavy atom. The highest BCUT2D eigenvalue weighted by atomic mass is 35.5. The molecule has 1 N–H and O–H groups in total. The molecule has 2 rings (SSSR count). The zero-order valence-corrected chi connectivity index (χ0v) is 14.0. The molecule has 0 aromatic heterocycles. The Labute approximate surface area is 149 Å². The van der Waals surface area contributed by atoms with E-state index in [4.69, 9.17) is 21.6 Å². The zero-order valence-electron chi connectivity index (χ0n) is 13.3. The van der Waals surface area contributed by atoms with E-state index in [2.05, 4.69) is 5.32 Å². The molecule has 1 amide bonds. The van der Waals surface area contributed by atoms with Gasteiger partial charge in [0.1, 0.15) is 18.2 Å². The minimum atomic E-state index is -1.53. The third-order valence-corrected chi connectivity index (χ3v) is 3.84. The van der Waals surface area contributed by atoms with Crippen molar-refractivity contribution in [1.82, 2.24) is 0 Å². The molecule has 0 aliphatic rings. The summed E-state index contributed by atoms with van der Waals surface area (Å²) in [5, 5.41) is 12.1. The molecule has 128 valence electrons. The number of benzene rings is 2. The van der Waals surface area contributed by atoms with Crippen LogP contribution in [-0.4, -0.2) is 18.3 Å². The topological polar surface area (TPSA) is 79.2 Å². The molecular formula is C18H14ClFN2O3. The van der Waals surface area contributed by atoms with Crippen molar-refractivity contribution in [2.24, 2.45) is 5.92 Å². The van der Waals surface area contributed by atoms with E-state index < -0.39 is 30.0 Å². The van der Waals surface area contributed by atoms with Crippen LogP contribution in [0.25, 0.3) is 0 Å². The molecule has 0 heterocycles. The number of anilines is 1. The Morgan fingerprint density at radius 3 is 2.60 bits per heavy atom. The largest absolute Gasteiger partial charge is 0.486 e. The van der Waals surface area contributed by atoms with Gasteiger partial charge in [-0.1, -0.05) is 17.7 Å². The fourth-order valence-electron chi connectivity index (χ4n) is 1.99. The van der Waals surface area contributed by atoms with Crippen molar-refractivity contribution in [2.45, 2.75) is 6.92 Å². The molecule has 25 heavy (non-hydrogen) atoms. The van der Waals surface area contributed by atoms with Crippen LogP contribution in [-0.2, 0) is 9.59 Å². The molecule has 0 saturated heterocycles. The van der Waals surface area contributed by atoms with Crippen LogP contribution >= 0.6 is 11.6 Å². The molecule has 0 aliphatic carbocycles. The quantitative estimate of drug-likeness (QED) is 0.799. The van der Waals surface area contributed by atoms with Crippen molar-refractivity contribution in [3.05, 3.63) is 58.9 Å². The van der Waals surface area contributed by atoms with Crippen LogP contribution in [0.1, 0.15) is 5.56 Å². The lowest BCUT2D eigenvalue weighted by atomic mass is 10.1. The van der Waals surface area contributed by atoms with Gasteiger partial charge in [-0.3, -0.25) is 9.59 Å². The van der Waals surface area contributed by atoms with Crippen LogP contribution < -0.4 is 10.1 Å². The van der Waals surface area contributed by atoms with Gasteiger partial charge < -0.3 is 10.1 Å². The van der Waals surface area contributed by atoms with Gasteiger partial charge in [-0.15, -0.1) is 0 Å². The fourth-order valence-corrected chi connectivity index (χ4v) is 2.17. The molecular weight excluding hydrogens is 347 g/mol. The van der Waals surface area contributed by atoms with Crippen LogP contribution in [0, 0.1) is 30.0 Å². The number of ketones is 1. The highest BCUT2D eigenvalue weighted by Gasteiger charge is 2.27. The Hall–Kier alpha value is -2.91. The van der Waals surface area contributed by atoms with E-state index in [0.717, 1.165) is 0 Å².